The summed E-state index contributed by atoms with van der Waals surface area (Å²) in [5.74, 6) is -0.0844. The summed E-state index contributed by atoms with van der Waals surface area (Å²) >= 11 is 6.01. The van der Waals surface area contributed by atoms with Crippen molar-refractivity contribution in [3.63, 3.8) is 0 Å². The van der Waals surface area contributed by atoms with E-state index in [1.807, 2.05) is 25.1 Å². The molecule has 2 heterocycles. The summed E-state index contributed by atoms with van der Waals surface area (Å²) in [6.45, 7) is 2.61. The Balaban J connectivity index is 1.74. The van der Waals surface area contributed by atoms with E-state index in [2.05, 4.69) is 27.8 Å². The lowest BCUT2D eigenvalue weighted by atomic mass is 9.95. The molecule has 0 spiro atoms. The van der Waals surface area contributed by atoms with E-state index < -0.39 is 0 Å². The molecule has 5 heteroatoms. The molecule has 2 N–H and O–H groups in total. The minimum atomic E-state index is -0.253. The van der Waals surface area contributed by atoms with E-state index in [4.69, 9.17) is 11.6 Å². The number of fused-ring (bicyclic) bond motifs is 1. The fourth-order valence-electron chi connectivity index (χ4n) is 2.50. The number of carbonyl (C=O) groups is 1. The Kier molecular flexibility index (Phi) is 3.90. The third-order valence-corrected chi connectivity index (χ3v) is 3.93. The van der Waals surface area contributed by atoms with Gasteiger partial charge in [0.05, 0.1) is 11.7 Å². The number of aryl methyl sites for hydroxylation is 1. The maximum absolute atomic E-state index is 12.4. The molecule has 1 amide bonds. The highest BCUT2D eigenvalue weighted by atomic mass is 35.5. The van der Waals surface area contributed by atoms with Crippen molar-refractivity contribution < 1.29 is 4.79 Å². The molecule has 0 aliphatic carbocycles. The Morgan fingerprint density at radius 2 is 2.14 bits per heavy atom. The molecule has 3 rings (SSSR count). The fraction of sp³-hybridized carbons (Fsp3) is 0.250. The van der Waals surface area contributed by atoms with Gasteiger partial charge in [0.2, 0.25) is 5.91 Å². The number of nitrogens with one attached hydrogen (secondary N) is 2. The second-order valence-corrected chi connectivity index (χ2v) is 5.60. The number of aromatic nitrogens is 1. The molecular weight excluding hydrogens is 286 g/mol. The number of pyridine rings is 1. The van der Waals surface area contributed by atoms with Gasteiger partial charge in [0.1, 0.15) is 0 Å². The first-order valence-electron chi connectivity index (χ1n) is 6.86. The van der Waals surface area contributed by atoms with Crippen LogP contribution in [-0.4, -0.2) is 16.9 Å². The summed E-state index contributed by atoms with van der Waals surface area (Å²) in [6.07, 6.45) is 2.35. The molecule has 2 aromatic rings. The lowest BCUT2D eigenvalue weighted by Crippen LogP contribution is -2.44. The summed E-state index contributed by atoms with van der Waals surface area (Å²) in [7, 11) is 0. The van der Waals surface area contributed by atoms with Gasteiger partial charge in [-0.05, 0) is 36.1 Å². The zero-order valence-corrected chi connectivity index (χ0v) is 12.4. The van der Waals surface area contributed by atoms with Gasteiger partial charge in [0, 0.05) is 12.7 Å². The summed E-state index contributed by atoms with van der Waals surface area (Å²) in [4.78, 5) is 16.4. The van der Waals surface area contributed by atoms with Crippen molar-refractivity contribution in [2.75, 3.05) is 5.32 Å². The van der Waals surface area contributed by atoms with Gasteiger partial charge in [-0.15, -0.1) is 0 Å². The van der Waals surface area contributed by atoms with Gasteiger partial charge in [-0.25, -0.2) is 4.98 Å². The van der Waals surface area contributed by atoms with Crippen LogP contribution in [0.5, 0.6) is 0 Å². The number of rotatable bonds is 2. The van der Waals surface area contributed by atoms with Crippen molar-refractivity contribution in [1.29, 1.82) is 0 Å². The van der Waals surface area contributed by atoms with Crippen LogP contribution in [0.25, 0.3) is 0 Å². The summed E-state index contributed by atoms with van der Waals surface area (Å²) in [5.41, 5.74) is 3.97. The van der Waals surface area contributed by atoms with Crippen LogP contribution in [0.4, 0.5) is 5.69 Å². The minimum absolute atomic E-state index is 0.0844. The first-order chi connectivity index (χ1) is 10.1. The first-order valence-corrected chi connectivity index (χ1v) is 7.24. The second kappa shape index (κ2) is 5.84. The standard InChI is InChI=1S/C16H16ClN3O/c1-10-6-13(15(17)19-8-10)20-16(21)14-7-11-4-2-3-5-12(11)9-18-14/h2-6,8,14,18H,7,9H2,1H3,(H,20,21)/t14-/m0/s1. The van der Waals surface area contributed by atoms with Gasteiger partial charge < -0.3 is 10.6 Å². The fourth-order valence-corrected chi connectivity index (χ4v) is 2.65. The van der Waals surface area contributed by atoms with Crippen LogP contribution in [0.2, 0.25) is 5.15 Å². The van der Waals surface area contributed by atoms with Crippen LogP contribution >= 0.6 is 11.6 Å². The molecule has 108 valence electrons. The van der Waals surface area contributed by atoms with Crippen molar-refractivity contribution in [3.05, 3.63) is 58.4 Å². The molecule has 1 aliphatic rings. The molecule has 0 fully saturated rings. The van der Waals surface area contributed by atoms with Crippen LogP contribution < -0.4 is 10.6 Å². The summed E-state index contributed by atoms with van der Waals surface area (Å²) in [5, 5.41) is 6.42. The lowest BCUT2D eigenvalue weighted by Gasteiger charge is -2.25. The second-order valence-electron chi connectivity index (χ2n) is 5.25. The Morgan fingerprint density at radius 1 is 1.38 bits per heavy atom. The molecule has 1 atom stereocenters. The third-order valence-electron chi connectivity index (χ3n) is 3.63. The molecular formula is C16H16ClN3O. The number of halogens is 1. The number of amides is 1. The molecule has 0 radical (unpaired) electrons. The van der Waals surface area contributed by atoms with Crippen LogP contribution in [0.15, 0.2) is 36.5 Å². The SMILES string of the molecule is Cc1cnc(Cl)c(NC(=O)[C@@H]2Cc3ccccc3CN2)c1. The Labute approximate surface area is 128 Å². The summed E-state index contributed by atoms with van der Waals surface area (Å²) < 4.78 is 0. The minimum Gasteiger partial charge on any atom is -0.322 e. The van der Waals surface area contributed by atoms with E-state index in [1.165, 1.54) is 11.1 Å². The average molecular weight is 302 g/mol. The molecule has 0 saturated carbocycles. The van der Waals surface area contributed by atoms with Gasteiger partial charge in [0.15, 0.2) is 5.15 Å². The molecule has 0 unspecified atom stereocenters. The highest BCUT2D eigenvalue weighted by molar-refractivity contribution is 6.32. The molecule has 21 heavy (non-hydrogen) atoms. The number of anilines is 1. The molecule has 1 aromatic heterocycles. The monoisotopic (exact) mass is 301 g/mol. The van der Waals surface area contributed by atoms with Crippen LogP contribution in [0.3, 0.4) is 0 Å². The van der Waals surface area contributed by atoms with Crippen molar-refractivity contribution in [3.8, 4) is 0 Å². The van der Waals surface area contributed by atoms with Crippen molar-refractivity contribution in [2.45, 2.75) is 25.9 Å². The zero-order valence-electron chi connectivity index (χ0n) is 11.7. The predicted octanol–water partition coefficient (Wildman–Crippen LogP) is 2.70. The summed E-state index contributed by atoms with van der Waals surface area (Å²) in [6, 6.07) is 9.73. The van der Waals surface area contributed by atoms with E-state index >= 15 is 0 Å². The quantitative estimate of drug-likeness (QED) is 0.839. The van der Waals surface area contributed by atoms with E-state index in [9.17, 15) is 4.79 Å². The van der Waals surface area contributed by atoms with E-state index in [-0.39, 0.29) is 11.9 Å². The van der Waals surface area contributed by atoms with Crippen LogP contribution in [-0.2, 0) is 17.8 Å². The Hall–Kier alpha value is -1.91. The molecule has 0 bridgehead atoms. The van der Waals surface area contributed by atoms with Crippen molar-refractivity contribution >= 4 is 23.2 Å². The van der Waals surface area contributed by atoms with Gasteiger partial charge in [-0.1, -0.05) is 35.9 Å². The molecule has 1 aliphatic heterocycles. The van der Waals surface area contributed by atoms with E-state index in [0.717, 1.165) is 5.56 Å². The van der Waals surface area contributed by atoms with Gasteiger partial charge >= 0.3 is 0 Å². The number of hydrogen-bond donors (Lipinski definition) is 2. The third kappa shape index (κ3) is 3.06. The Morgan fingerprint density at radius 3 is 2.95 bits per heavy atom. The number of benzene rings is 1. The van der Waals surface area contributed by atoms with Crippen molar-refractivity contribution in [1.82, 2.24) is 10.3 Å². The molecule has 0 saturated heterocycles. The van der Waals surface area contributed by atoms with Crippen LogP contribution in [0.1, 0.15) is 16.7 Å². The Bertz CT molecular complexity index is 687. The molecule has 4 nitrogen and oxygen atoms in total. The maximum Gasteiger partial charge on any atom is 0.241 e. The number of carbonyl (C=O) groups excluding carboxylic acids is 1. The first kappa shape index (κ1) is 14.0. The topological polar surface area (TPSA) is 54.0 Å². The van der Waals surface area contributed by atoms with Gasteiger partial charge in [-0.2, -0.15) is 0 Å². The average Bonchev–Trinajstić information content (AvgIpc) is 2.50. The van der Waals surface area contributed by atoms with E-state index in [0.29, 0.717) is 23.8 Å². The normalized spacial score (nSPS) is 17.1. The number of hydrogen-bond acceptors (Lipinski definition) is 3. The van der Waals surface area contributed by atoms with Gasteiger partial charge in [-0.3, -0.25) is 4.79 Å². The van der Waals surface area contributed by atoms with E-state index in [1.54, 1.807) is 6.20 Å². The highest BCUT2D eigenvalue weighted by Gasteiger charge is 2.24. The van der Waals surface area contributed by atoms with Gasteiger partial charge in [0.25, 0.3) is 0 Å². The smallest absolute Gasteiger partial charge is 0.241 e. The predicted molar refractivity (Wildman–Crippen MR) is 83.4 cm³/mol. The highest BCUT2D eigenvalue weighted by Crippen LogP contribution is 2.21. The largest absolute Gasteiger partial charge is 0.322 e. The maximum atomic E-state index is 12.4. The molecule has 1 aromatic carbocycles. The zero-order chi connectivity index (χ0) is 14.8. The lowest BCUT2D eigenvalue weighted by molar-refractivity contribution is -0.118. The number of nitrogens with zero attached hydrogens (tertiary/aromatic N) is 1. The van der Waals surface area contributed by atoms with Crippen LogP contribution in [0, 0.1) is 6.92 Å². The van der Waals surface area contributed by atoms with Crippen molar-refractivity contribution in [2.24, 2.45) is 0 Å².